The summed E-state index contributed by atoms with van der Waals surface area (Å²) in [6.45, 7) is 0. The van der Waals surface area contributed by atoms with Gasteiger partial charge in [0.1, 0.15) is 11.5 Å². The number of hydrogen-bond acceptors (Lipinski definition) is 4. The van der Waals surface area contributed by atoms with E-state index in [9.17, 15) is 20.1 Å². The maximum absolute atomic E-state index is 14.3. The molecule has 0 radical (unpaired) electrons. The van der Waals surface area contributed by atoms with Gasteiger partial charge in [-0.3, -0.25) is 9.80 Å². The zero-order chi connectivity index (χ0) is 25.8. The molecule has 0 unspecified atom stereocenters. The Bertz CT molecular complexity index is 1350. The first-order chi connectivity index (χ1) is 18.0. The monoisotopic (exact) mass is 494 g/mol. The molecule has 0 saturated carbocycles. The first-order valence-electron chi connectivity index (χ1n) is 12.5. The number of aliphatic hydroxyl groups excluding tert-OH is 1. The molecule has 4 aromatic rings. The van der Waals surface area contributed by atoms with Crippen LogP contribution in [0.5, 0.6) is 11.5 Å². The standard InChI is InChI=1S/C31H30N2O4/c34-26-15-7-13-24(20-26)32-28(18-17-22-9-3-1-4-10-22)30(36)29(19-23-11-5-2-6-12-23)33(31(32)37)25-14-8-16-27(35)21-25/h1-16,20-21,28-30,34-36H,17-19H2/t28-,29-,30-/m1/s1. The topological polar surface area (TPSA) is 84.2 Å². The number of carbonyl (C=O) groups excluding carboxylic acids is 1. The van der Waals surface area contributed by atoms with Gasteiger partial charge in [-0.25, -0.2) is 4.79 Å². The number of nitrogens with zero attached hydrogens (tertiary/aromatic N) is 2. The minimum atomic E-state index is -0.911. The van der Waals surface area contributed by atoms with Crippen LogP contribution in [0.15, 0.2) is 109 Å². The van der Waals surface area contributed by atoms with Crippen molar-refractivity contribution in [2.24, 2.45) is 0 Å². The number of hydrogen-bond donors (Lipinski definition) is 3. The Labute approximate surface area is 216 Å². The summed E-state index contributed by atoms with van der Waals surface area (Å²) in [5, 5.41) is 32.3. The van der Waals surface area contributed by atoms with Crippen LogP contribution in [-0.4, -0.2) is 39.5 Å². The predicted octanol–water partition coefficient (Wildman–Crippen LogP) is 5.52. The summed E-state index contributed by atoms with van der Waals surface area (Å²) >= 11 is 0. The van der Waals surface area contributed by atoms with Crippen LogP contribution in [0, 0.1) is 0 Å². The lowest BCUT2D eigenvalue weighted by Gasteiger charge is -2.49. The number of benzene rings is 4. The lowest BCUT2D eigenvalue weighted by atomic mass is 9.88. The van der Waals surface area contributed by atoms with E-state index < -0.39 is 18.2 Å². The number of phenols is 2. The van der Waals surface area contributed by atoms with Gasteiger partial charge in [0.05, 0.1) is 18.2 Å². The second-order valence-corrected chi connectivity index (χ2v) is 9.40. The van der Waals surface area contributed by atoms with E-state index in [1.807, 2.05) is 60.7 Å². The summed E-state index contributed by atoms with van der Waals surface area (Å²) in [5.41, 5.74) is 3.12. The largest absolute Gasteiger partial charge is 0.508 e. The summed E-state index contributed by atoms with van der Waals surface area (Å²) < 4.78 is 0. The third-order valence-electron chi connectivity index (χ3n) is 6.94. The Kier molecular flexibility index (Phi) is 7.10. The van der Waals surface area contributed by atoms with Crippen molar-refractivity contribution in [3.05, 3.63) is 120 Å². The molecule has 1 aliphatic rings. The highest BCUT2D eigenvalue weighted by Crippen LogP contribution is 2.37. The van der Waals surface area contributed by atoms with Crippen LogP contribution in [0.4, 0.5) is 16.2 Å². The predicted molar refractivity (Wildman–Crippen MR) is 145 cm³/mol. The average molecular weight is 495 g/mol. The highest BCUT2D eigenvalue weighted by molar-refractivity contribution is 6.06. The average Bonchev–Trinajstić information content (AvgIpc) is 2.91. The highest BCUT2D eigenvalue weighted by atomic mass is 16.3. The molecular formula is C31H30N2O4. The molecule has 6 nitrogen and oxygen atoms in total. The Balaban J connectivity index is 1.59. The van der Waals surface area contributed by atoms with E-state index in [0.29, 0.717) is 30.6 Å². The van der Waals surface area contributed by atoms with E-state index in [1.165, 1.54) is 12.1 Å². The molecule has 4 aromatic carbocycles. The van der Waals surface area contributed by atoms with Gasteiger partial charge in [-0.15, -0.1) is 0 Å². The van der Waals surface area contributed by atoms with Crippen molar-refractivity contribution in [1.82, 2.24) is 0 Å². The molecule has 0 aromatic heterocycles. The van der Waals surface area contributed by atoms with Gasteiger partial charge in [0.15, 0.2) is 0 Å². The molecule has 2 amide bonds. The number of carbonyl (C=O) groups is 1. The summed E-state index contributed by atoms with van der Waals surface area (Å²) in [7, 11) is 0. The van der Waals surface area contributed by atoms with E-state index in [1.54, 1.807) is 46.2 Å². The smallest absolute Gasteiger partial charge is 0.329 e. The zero-order valence-corrected chi connectivity index (χ0v) is 20.4. The summed E-state index contributed by atoms with van der Waals surface area (Å²) in [6, 6.07) is 31.4. The summed E-state index contributed by atoms with van der Waals surface area (Å²) in [5.74, 6) is 0.0743. The normalized spacial score (nSPS) is 19.7. The number of amides is 2. The van der Waals surface area contributed by atoms with Crippen molar-refractivity contribution >= 4 is 17.4 Å². The molecule has 37 heavy (non-hydrogen) atoms. The molecule has 3 atom stereocenters. The molecule has 1 heterocycles. The molecule has 188 valence electrons. The van der Waals surface area contributed by atoms with E-state index >= 15 is 0 Å². The Morgan fingerprint density at radius 1 is 0.622 bits per heavy atom. The van der Waals surface area contributed by atoms with Gasteiger partial charge < -0.3 is 15.3 Å². The molecule has 6 heteroatoms. The van der Waals surface area contributed by atoms with Gasteiger partial charge in [-0.05, 0) is 54.7 Å². The van der Waals surface area contributed by atoms with Crippen LogP contribution in [0.3, 0.4) is 0 Å². The quantitative estimate of drug-likeness (QED) is 0.316. The third kappa shape index (κ3) is 5.29. The number of aliphatic hydroxyl groups is 1. The Hall–Kier alpha value is -4.29. The minimum absolute atomic E-state index is 0.0355. The first-order valence-corrected chi connectivity index (χ1v) is 12.5. The van der Waals surface area contributed by atoms with Gasteiger partial charge in [0.2, 0.25) is 0 Å². The fraction of sp³-hybridized carbons (Fsp3) is 0.194. The van der Waals surface area contributed by atoms with Crippen LogP contribution < -0.4 is 9.80 Å². The Morgan fingerprint density at radius 2 is 1.14 bits per heavy atom. The van der Waals surface area contributed by atoms with Crippen molar-refractivity contribution in [3.8, 4) is 11.5 Å². The van der Waals surface area contributed by atoms with Crippen LogP contribution >= 0.6 is 0 Å². The lowest BCUT2D eigenvalue weighted by molar-refractivity contribution is 0.0957. The molecule has 5 rings (SSSR count). The molecule has 3 N–H and O–H groups in total. The molecule has 1 fully saturated rings. The van der Waals surface area contributed by atoms with Gasteiger partial charge in [-0.1, -0.05) is 72.8 Å². The number of anilines is 2. The van der Waals surface area contributed by atoms with E-state index in [2.05, 4.69) is 0 Å². The van der Waals surface area contributed by atoms with Gasteiger partial charge >= 0.3 is 6.03 Å². The molecule has 1 aliphatic heterocycles. The summed E-state index contributed by atoms with van der Waals surface area (Å²) in [6.07, 6.45) is 0.742. The number of urea groups is 1. The van der Waals surface area contributed by atoms with Crippen molar-refractivity contribution in [3.63, 3.8) is 0 Å². The molecule has 0 aliphatic carbocycles. The molecule has 0 spiro atoms. The van der Waals surface area contributed by atoms with Crippen LogP contribution in [-0.2, 0) is 12.8 Å². The van der Waals surface area contributed by atoms with Gasteiger partial charge in [0.25, 0.3) is 0 Å². The number of phenolic OH excluding ortho intramolecular Hbond substituents is 2. The van der Waals surface area contributed by atoms with Gasteiger partial charge in [-0.2, -0.15) is 0 Å². The summed E-state index contributed by atoms with van der Waals surface area (Å²) in [4.78, 5) is 17.4. The number of aromatic hydroxyl groups is 2. The molecule has 0 bridgehead atoms. The fourth-order valence-electron chi connectivity index (χ4n) is 5.18. The van der Waals surface area contributed by atoms with E-state index in [0.717, 1.165) is 11.1 Å². The SMILES string of the molecule is O=C1N(c2cccc(O)c2)[C@H](CCc2ccccc2)[C@@H](O)[C@@H](Cc2ccccc2)N1c1cccc(O)c1. The van der Waals surface area contributed by atoms with Crippen molar-refractivity contribution in [2.45, 2.75) is 37.5 Å². The minimum Gasteiger partial charge on any atom is -0.508 e. The van der Waals surface area contributed by atoms with Crippen molar-refractivity contribution in [1.29, 1.82) is 0 Å². The number of rotatable bonds is 7. The molecule has 1 saturated heterocycles. The zero-order valence-electron chi connectivity index (χ0n) is 20.4. The number of aryl methyl sites for hydroxylation is 1. The second kappa shape index (κ2) is 10.8. The van der Waals surface area contributed by atoms with Crippen LogP contribution in [0.25, 0.3) is 0 Å². The van der Waals surface area contributed by atoms with Crippen LogP contribution in [0.1, 0.15) is 17.5 Å². The van der Waals surface area contributed by atoms with Crippen molar-refractivity contribution in [2.75, 3.05) is 9.80 Å². The van der Waals surface area contributed by atoms with Crippen LogP contribution in [0.2, 0.25) is 0 Å². The molecular weight excluding hydrogens is 464 g/mol. The first kappa shape index (κ1) is 24.4. The fourth-order valence-corrected chi connectivity index (χ4v) is 5.18. The van der Waals surface area contributed by atoms with E-state index in [4.69, 9.17) is 0 Å². The highest BCUT2D eigenvalue weighted by Gasteiger charge is 2.47. The second-order valence-electron chi connectivity index (χ2n) is 9.40. The van der Waals surface area contributed by atoms with E-state index in [-0.39, 0.29) is 17.5 Å². The lowest BCUT2D eigenvalue weighted by Crippen LogP contribution is -2.67. The third-order valence-corrected chi connectivity index (χ3v) is 6.94. The maximum Gasteiger partial charge on any atom is 0.329 e. The Morgan fingerprint density at radius 3 is 1.68 bits per heavy atom. The van der Waals surface area contributed by atoms with Crippen molar-refractivity contribution < 1.29 is 20.1 Å². The maximum atomic E-state index is 14.3. The van der Waals surface area contributed by atoms with Gasteiger partial charge in [0, 0.05) is 23.5 Å².